The first-order valence-electron chi connectivity index (χ1n) is 4.48. The van der Waals surface area contributed by atoms with Crippen LogP contribution >= 0.6 is 0 Å². The molecule has 4 heteroatoms. The summed E-state index contributed by atoms with van der Waals surface area (Å²) in [4.78, 5) is 0. The van der Waals surface area contributed by atoms with E-state index in [4.69, 9.17) is 3.69 Å². The van der Waals surface area contributed by atoms with Crippen LogP contribution in [0.2, 0.25) is 0 Å². The molecule has 0 amide bonds. The molecule has 12 heavy (non-hydrogen) atoms. The quantitative estimate of drug-likeness (QED) is 0.516. The molecule has 0 saturated heterocycles. The van der Waals surface area contributed by atoms with Crippen molar-refractivity contribution in [2.45, 2.75) is 39.5 Å². The molecule has 72 valence electrons. The monoisotopic (exact) mass is 210 g/mol. The molecule has 0 aliphatic carbocycles. The van der Waals surface area contributed by atoms with Gasteiger partial charge in [-0.3, -0.25) is 0 Å². The molecule has 1 N–H and O–H groups in total. The Morgan fingerprint density at radius 3 is 2.50 bits per heavy atom. The molecule has 0 rings (SSSR count). The third-order valence-corrected chi connectivity index (χ3v) is 2.36. The van der Waals surface area contributed by atoms with E-state index in [0.717, 1.165) is 18.8 Å². The first kappa shape index (κ1) is 12.4. The molecule has 0 radical (unpaired) electrons. The van der Waals surface area contributed by atoms with Gasteiger partial charge < -0.3 is 0 Å². The van der Waals surface area contributed by atoms with Crippen LogP contribution in [0.25, 0.3) is 0 Å². The van der Waals surface area contributed by atoms with Crippen molar-refractivity contribution in [2.24, 2.45) is 5.92 Å². The van der Waals surface area contributed by atoms with Crippen molar-refractivity contribution < 1.29 is 28.9 Å². The molecule has 0 spiro atoms. The van der Waals surface area contributed by atoms with Gasteiger partial charge in [0.25, 0.3) is 0 Å². The predicted octanol–water partition coefficient (Wildman–Crippen LogP) is 2.01. The molecule has 0 aliphatic rings. The van der Waals surface area contributed by atoms with Crippen LogP contribution in [0.4, 0.5) is 0 Å². The van der Waals surface area contributed by atoms with Crippen LogP contribution in [-0.4, -0.2) is 10.3 Å². The van der Waals surface area contributed by atoms with E-state index in [0.29, 0.717) is 6.61 Å². The summed E-state index contributed by atoms with van der Waals surface area (Å²) in [5.41, 5.74) is 0. The molecule has 0 aromatic rings. The van der Waals surface area contributed by atoms with Gasteiger partial charge in [0.05, 0.1) is 0 Å². The van der Waals surface area contributed by atoms with Crippen LogP contribution in [0.1, 0.15) is 39.5 Å². The fourth-order valence-electron chi connectivity index (χ4n) is 0.991. The number of unbranched alkanes of at least 4 members (excludes halogenated alkanes) is 2. The average Bonchev–Trinajstić information content (AvgIpc) is 1.95. The molecule has 0 bridgehead atoms. The van der Waals surface area contributed by atoms with Crippen molar-refractivity contribution >= 4 is 0 Å². The van der Waals surface area contributed by atoms with Crippen molar-refractivity contribution in [2.75, 3.05) is 6.61 Å². The summed E-state index contributed by atoms with van der Waals surface area (Å²) in [5.74, 6) is 0.757. The van der Waals surface area contributed by atoms with Gasteiger partial charge >= 0.3 is 81.0 Å². The van der Waals surface area contributed by atoms with Crippen LogP contribution < -0.4 is 0 Å². The van der Waals surface area contributed by atoms with Gasteiger partial charge in [0, 0.05) is 0 Å². The fraction of sp³-hybridized carbons (Fsp3) is 1.00. The van der Waals surface area contributed by atoms with Gasteiger partial charge in [-0.1, -0.05) is 0 Å². The van der Waals surface area contributed by atoms with Crippen molar-refractivity contribution in [3.63, 3.8) is 0 Å². The summed E-state index contributed by atoms with van der Waals surface area (Å²) >= 11 is -3.22. The van der Waals surface area contributed by atoms with Gasteiger partial charge in [0.2, 0.25) is 0 Å². The topological polar surface area (TPSA) is 46.5 Å². The molecule has 0 aliphatic heterocycles. The van der Waals surface area contributed by atoms with Crippen LogP contribution in [0, 0.1) is 5.92 Å². The maximum absolute atomic E-state index is 10.2. The van der Waals surface area contributed by atoms with E-state index in [1.54, 1.807) is 0 Å². The number of hydrogen-bond donors (Lipinski definition) is 1. The summed E-state index contributed by atoms with van der Waals surface area (Å²) < 4.78 is 23.2. The number of rotatable bonds is 7. The number of hydrogen-bond acceptors (Lipinski definition) is 2. The second-order valence-electron chi connectivity index (χ2n) is 3.36. The Morgan fingerprint density at radius 1 is 1.33 bits per heavy atom. The van der Waals surface area contributed by atoms with Crippen molar-refractivity contribution in [1.82, 2.24) is 0 Å². The second kappa shape index (κ2) is 8.05. The van der Waals surface area contributed by atoms with E-state index < -0.39 is 18.6 Å². The molecule has 0 atom stereocenters. The molecule has 0 heterocycles. The van der Waals surface area contributed by atoms with E-state index in [2.05, 4.69) is 17.2 Å². The first-order valence-corrected chi connectivity index (χ1v) is 6.46. The zero-order valence-electron chi connectivity index (χ0n) is 7.88. The molecular weight excluding hydrogens is 192 g/mol. The second-order valence-corrected chi connectivity index (χ2v) is 4.64. The maximum atomic E-state index is 10.2. The Hall–Kier alpha value is 0.434. The summed E-state index contributed by atoms with van der Waals surface area (Å²) in [6.45, 7) is 4.85. The molecule has 0 aromatic carbocycles. The predicted molar refractivity (Wildman–Crippen MR) is 42.2 cm³/mol. The summed E-state index contributed by atoms with van der Waals surface area (Å²) in [5, 5.41) is 0. The average molecular weight is 210 g/mol. The van der Waals surface area contributed by atoms with Gasteiger partial charge in [0.15, 0.2) is 0 Å². The molecule has 0 aromatic heterocycles. The SMILES string of the molecule is CC(C)CCCCC[O][Ti](=[O])[OH]. The van der Waals surface area contributed by atoms with Crippen LogP contribution in [0.3, 0.4) is 0 Å². The Balaban J connectivity index is 2.96. The van der Waals surface area contributed by atoms with Gasteiger partial charge in [-0.15, -0.1) is 0 Å². The van der Waals surface area contributed by atoms with Crippen molar-refractivity contribution in [1.29, 1.82) is 0 Å². The van der Waals surface area contributed by atoms with Gasteiger partial charge in [-0.05, 0) is 0 Å². The molecule has 3 nitrogen and oxygen atoms in total. The molecular formula is C8H18O3Ti. The zero-order chi connectivity index (χ0) is 9.40. The van der Waals surface area contributed by atoms with Crippen LogP contribution in [-0.2, 0) is 25.3 Å². The summed E-state index contributed by atoms with van der Waals surface area (Å²) in [6, 6.07) is 0. The standard InChI is InChI=1S/C8H17O.H2O.O.Ti/c1-8(2)6-4-3-5-7-9;;;/h8H,3-7H2,1-2H3;1H2;;/q-1;;;+2/p-1. The summed E-state index contributed by atoms with van der Waals surface area (Å²) in [7, 11) is 0. The Bertz CT molecular complexity index is 125. The van der Waals surface area contributed by atoms with Crippen LogP contribution in [0.15, 0.2) is 0 Å². The minimum atomic E-state index is -3.22. The third kappa shape index (κ3) is 10.4. The van der Waals surface area contributed by atoms with Crippen molar-refractivity contribution in [3.8, 4) is 0 Å². The fourth-order valence-corrected chi connectivity index (χ4v) is 1.49. The Labute approximate surface area is 81.2 Å². The Morgan fingerprint density at radius 2 is 2.00 bits per heavy atom. The van der Waals surface area contributed by atoms with E-state index in [9.17, 15) is 3.32 Å². The van der Waals surface area contributed by atoms with E-state index in [-0.39, 0.29) is 0 Å². The van der Waals surface area contributed by atoms with E-state index in [1.807, 2.05) is 0 Å². The van der Waals surface area contributed by atoms with Gasteiger partial charge in [-0.2, -0.15) is 0 Å². The normalized spacial score (nSPS) is 10.7. The summed E-state index contributed by atoms with van der Waals surface area (Å²) in [6.07, 6.45) is 4.44. The minimum absolute atomic E-state index is 0.452. The first-order chi connectivity index (χ1) is 5.63. The van der Waals surface area contributed by atoms with Crippen molar-refractivity contribution in [3.05, 3.63) is 0 Å². The molecule has 0 fully saturated rings. The molecule has 0 unspecified atom stereocenters. The third-order valence-electron chi connectivity index (χ3n) is 1.65. The molecule has 0 saturated carbocycles. The van der Waals surface area contributed by atoms with Crippen LogP contribution in [0.5, 0.6) is 0 Å². The van der Waals surface area contributed by atoms with E-state index in [1.165, 1.54) is 12.8 Å². The van der Waals surface area contributed by atoms with Gasteiger partial charge in [-0.25, -0.2) is 0 Å². The zero-order valence-corrected chi connectivity index (χ0v) is 9.44. The van der Waals surface area contributed by atoms with Gasteiger partial charge in [0.1, 0.15) is 0 Å². The van der Waals surface area contributed by atoms with E-state index >= 15 is 0 Å². The Kier molecular flexibility index (Phi) is 8.34.